The maximum Gasteiger partial charge on any atom is 0.228 e. The summed E-state index contributed by atoms with van der Waals surface area (Å²) >= 11 is 1.71. The lowest BCUT2D eigenvalue weighted by molar-refractivity contribution is -0.132. The number of rotatable bonds is 5. The summed E-state index contributed by atoms with van der Waals surface area (Å²) in [4.78, 5) is 26.5. The number of carbonyl (C=O) groups is 2. The molecule has 1 aliphatic carbocycles. The second kappa shape index (κ2) is 6.95. The molecule has 5 heteroatoms. The van der Waals surface area contributed by atoms with Crippen LogP contribution in [-0.2, 0) is 9.59 Å². The zero-order valence-corrected chi connectivity index (χ0v) is 14.4. The van der Waals surface area contributed by atoms with Gasteiger partial charge in [0.25, 0.3) is 0 Å². The number of nitrogens with one attached hydrogen (secondary N) is 1. The van der Waals surface area contributed by atoms with Gasteiger partial charge in [0.15, 0.2) is 0 Å². The molecular weight excluding hydrogens is 308 g/mol. The first-order chi connectivity index (χ1) is 11.1. The van der Waals surface area contributed by atoms with Crippen molar-refractivity contribution in [2.75, 3.05) is 30.4 Å². The van der Waals surface area contributed by atoms with Crippen molar-refractivity contribution in [3.63, 3.8) is 0 Å². The van der Waals surface area contributed by atoms with Crippen LogP contribution in [0.5, 0.6) is 0 Å². The standard InChI is InChI=1S/C18H24N2O2S/c1-23-12-7-16(21)20-10-8-18(9-11-20)13-15(18)17(22)19-14-5-3-2-4-6-14/h2-6,15H,7-13H2,1H3,(H,19,22). The van der Waals surface area contributed by atoms with Crippen LogP contribution in [0.15, 0.2) is 30.3 Å². The lowest BCUT2D eigenvalue weighted by atomic mass is 9.90. The van der Waals surface area contributed by atoms with Gasteiger partial charge in [0.05, 0.1) is 0 Å². The number of thioether (sulfide) groups is 1. The van der Waals surface area contributed by atoms with Gasteiger partial charge in [-0.2, -0.15) is 11.8 Å². The largest absolute Gasteiger partial charge is 0.343 e. The number of para-hydroxylation sites is 1. The molecule has 4 nitrogen and oxygen atoms in total. The molecule has 1 saturated heterocycles. The molecule has 0 radical (unpaired) electrons. The number of anilines is 1. The van der Waals surface area contributed by atoms with Crippen LogP contribution in [-0.4, -0.2) is 41.8 Å². The Kier molecular flexibility index (Phi) is 4.95. The highest BCUT2D eigenvalue weighted by molar-refractivity contribution is 7.98. The van der Waals surface area contributed by atoms with Gasteiger partial charge in [-0.05, 0) is 43.1 Å². The van der Waals surface area contributed by atoms with E-state index in [0.717, 1.165) is 43.8 Å². The number of piperidine rings is 1. The number of hydrogen-bond acceptors (Lipinski definition) is 3. The van der Waals surface area contributed by atoms with Crippen molar-refractivity contribution >= 4 is 29.3 Å². The van der Waals surface area contributed by atoms with E-state index < -0.39 is 0 Å². The second-order valence-electron chi connectivity index (χ2n) is 6.60. The van der Waals surface area contributed by atoms with Crippen LogP contribution in [0, 0.1) is 11.3 Å². The SMILES string of the molecule is CSCCC(=O)N1CCC2(CC1)CC2C(=O)Nc1ccccc1. The molecule has 2 amide bonds. The molecule has 2 aliphatic rings. The maximum absolute atomic E-state index is 12.4. The van der Waals surface area contributed by atoms with Gasteiger partial charge < -0.3 is 10.2 Å². The molecule has 1 N–H and O–H groups in total. The van der Waals surface area contributed by atoms with Crippen molar-refractivity contribution in [1.29, 1.82) is 0 Å². The Morgan fingerprint density at radius 1 is 1.26 bits per heavy atom. The van der Waals surface area contributed by atoms with Crippen LogP contribution < -0.4 is 5.32 Å². The average Bonchev–Trinajstić information content (AvgIpc) is 3.28. The third kappa shape index (κ3) is 3.71. The zero-order chi connectivity index (χ0) is 16.3. The van der Waals surface area contributed by atoms with Crippen molar-refractivity contribution in [3.8, 4) is 0 Å². The summed E-state index contributed by atoms with van der Waals surface area (Å²) in [6, 6.07) is 9.63. The Labute approximate surface area is 142 Å². The van der Waals surface area contributed by atoms with Gasteiger partial charge in [0, 0.05) is 36.9 Å². The lowest BCUT2D eigenvalue weighted by Gasteiger charge is -2.33. The van der Waals surface area contributed by atoms with E-state index in [2.05, 4.69) is 5.32 Å². The first-order valence-electron chi connectivity index (χ1n) is 8.27. The minimum absolute atomic E-state index is 0.117. The number of carbonyl (C=O) groups excluding carboxylic acids is 2. The molecule has 1 aromatic rings. The van der Waals surface area contributed by atoms with Crippen LogP contribution >= 0.6 is 11.8 Å². The smallest absolute Gasteiger partial charge is 0.228 e. The van der Waals surface area contributed by atoms with Gasteiger partial charge >= 0.3 is 0 Å². The summed E-state index contributed by atoms with van der Waals surface area (Å²) in [5.74, 6) is 1.41. The van der Waals surface area contributed by atoms with E-state index in [1.54, 1.807) is 11.8 Å². The molecule has 0 bridgehead atoms. The summed E-state index contributed by atoms with van der Waals surface area (Å²) in [6.07, 6.45) is 5.55. The molecule has 3 rings (SSSR count). The fourth-order valence-corrected chi connectivity index (χ4v) is 3.95. The fourth-order valence-electron chi connectivity index (χ4n) is 3.57. The molecule has 1 spiro atoms. The van der Waals surface area contributed by atoms with Crippen LogP contribution in [0.2, 0.25) is 0 Å². The summed E-state index contributed by atoms with van der Waals surface area (Å²) in [5, 5.41) is 3.02. The zero-order valence-electron chi connectivity index (χ0n) is 13.6. The van der Waals surface area contributed by atoms with Gasteiger partial charge in [-0.1, -0.05) is 18.2 Å². The van der Waals surface area contributed by atoms with Gasteiger partial charge in [-0.3, -0.25) is 9.59 Å². The predicted octanol–water partition coefficient (Wildman–Crippen LogP) is 3.01. The van der Waals surface area contributed by atoms with Crippen molar-refractivity contribution in [2.24, 2.45) is 11.3 Å². The summed E-state index contributed by atoms with van der Waals surface area (Å²) in [6.45, 7) is 1.62. The number of amides is 2. The number of nitrogens with zero attached hydrogens (tertiary/aromatic N) is 1. The van der Waals surface area contributed by atoms with Gasteiger partial charge in [-0.25, -0.2) is 0 Å². The third-order valence-corrected chi connectivity index (χ3v) is 5.79. The molecule has 1 unspecified atom stereocenters. The van der Waals surface area contributed by atoms with Crippen molar-refractivity contribution in [1.82, 2.24) is 4.90 Å². The highest BCUT2D eigenvalue weighted by Crippen LogP contribution is 2.59. The van der Waals surface area contributed by atoms with Gasteiger partial charge in [0.2, 0.25) is 11.8 Å². The molecule has 1 saturated carbocycles. The van der Waals surface area contributed by atoms with Gasteiger partial charge in [0.1, 0.15) is 0 Å². The van der Waals surface area contributed by atoms with E-state index >= 15 is 0 Å². The quantitative estimate of drug-likeness (QED) is 0.902. The Bertz CT molecular complexity index is 568. The summed E-state index contributed by atoms with van der Waals surface area (Å²) in [5.41, 5.74) is 1.01. The number of hydrogen-bond donors (Lipinski definition) is 1. The Morgan fingerprint density at radius 2 is 1.96 bits per heavy atom. The molecule has 1 aliphatic heterocycles. The van der Waals surface area contributed by atoms with Crippen LogP contribution in [0.1, 0.15) is 25.7 Å². The predicted molar refractivity (Wildman–Crippen MR) is 94.4 cm³/mol. The molecule has 1 aromatic carbocycles. The van der Waals surface area contributed by atoms with Crippen molar-refractivity contribution in [3.05, 3.63) is 30.3 Å². The van der Waals surface area contributed by atoms with E-state index in [1.807, 2.05) is 41.5 Å². The molecular formula is C18H24N2O2S. The average molecular weight is 332 g/mol. The Hall–Kier alpha value is -1.49. The second-order valence-corrected chi connectivity index (χ2v) is 7.58. The summed E-state index contributed by atoms with van der Waals surface area (Å²) in [7, 11) is 0. The van der Waals surface area contributed by atoms with Crippen molar-refractivity contribution in [2.45, 2.75) is 25.7 Å². The van der Waals surface area contributed by atoms with Crippen LogP contribution in [0.4, 0.5) is 5.69 Å². The lowest BCUT2D eigenvalue weighted by Crippen LogP contribution is -2.40. The first kappa shape index (κ1) is 16.4. The van der Waals surface area contributed by atoms with E-state index in [4.69, 9.17) is 0 Å². The van der Waals surface area contributed by atoms with E-state index in [0.29, 0.717) is 6.42 Å². The molecule has 0 aromatic heterocycles. The molecule has 23 heavy (non-hydrogen) atoms. The van der Waals surface area contributed by atoms with E-state index in [1.165, 1.54) is 0 Å². The fraction of sp³-hybridized carbons (Fsp3) is 0.556. The molecule has 124 valence electrons. The van der Waals surface area contributed by atoms with E-state index in [-0.39, 0.29) is 23.1 Å². The monoisotopic (exact) mass is 332 g/mol. The summed E-state index contributed by atoms with van der Waals surface area (Å²) < 4.78 is 0. The minimum atomic E-state index is 0.117. The third-order valence-electron chi connectivity index (χ3n) is 5.18. The number of likely N-dealkylation sites (tertiary alicyclic amines) is 1. The molecule has 2 fully saturated rings. The maximum atomic E-state index is 12.4. The van der Waals surface area contributed by atoms with Crippen molar-refractivity contribution < 1.29 is 9.59 Å². The Balaban J connectivity index is 1.49. The normalized spacial score (nSPS) is 22.0. The number of benzene rings is 1. The highest BCUT2D eigenvalue weighted by atomic mass is 32.2. The molecule has 1 heterocycles. The van der Waals surface area contributed by atoms with Crippen LogP contribution in [0.3, 0.4) is 0 Å². The minimum Gasteiger partial charge on any atom is -0.343 e. The highest BCUT2D eigenvalue weighted by Gasteiger charge is 2.58. The topological polar surface area (TPSA) is 49.4 Å². The first-order valence-corrected chi connectivity index (χ1v) is 9.67. The van der Waals surface area contributed by atoms with E-state index in [9.17, 15) is 9.59 Å². The molecule has 1 atom stereocenters. The van der Waals surface area contributed by atoms with Gasteiger partial charge in [-0.15, -0.1) is 0 Å². The van der Waals surface area contributed by atoms with Crippen LogP contribution in [0.25, 0.3) is 0 Å². The Morgan fingerprint density at radius 3 is 2.61 bits per heavy atom.